The van der Waals surface area contributed by atoms with E-state index in [1.54, 1.807) is 0 Å². The fourth-order valence-corrected chi connectivity index (χ4v) is 2.51. The summed E-state index contributed by atoms with van der Waals surface area (Å²) in [6, 6.07) is 7.81. The third kappa shape index (κ3) is 7.14. The lowest BCUT2D eigenvalue weighted by Crippen LogP contribution is -2.41. The summed E-state index contributed by atoms with van der Waals surface area (Å²) in [6.45, 7) is 9.65. The van der Waals surface area contributed by atoms with E-state index in [4.69, 9.17) is 9.15 Å². The summed E-state index contributed by atoms with van der Waals surface area (Å²) in [6.07, 6.45) is -0.0196. The Morgan fingerprint density at radius 2 is 2.04 bits per heavy atom. The number of nitrogens with zero attached hydrogens (tertiary/aromatic N) is 2. The van der Waals surface area contributed by atoms with Gasteiger partial charge in [0.2, 0.25) is 5.89 Å². The fraction of sp³-hybridized carbons (Fsp3) is 0.444. The summed E-state index contributed by atoms with van der Waals surface area (Å²) >= 11 is 3.49. The zero-order valence-corrected chi connectivity index (χ0v) is 19.4. The zero-order chi connectivity index (χ0) is 18.2. The molecule has 1 atom stereocenters. The zero-order valence-electron chi connectivity index (χ0n) is 15.5. The molecule has 144 valence electrons. The number of aromatic nitrogens is 1. The van der Waals surface area contributed by atoms with E-state index in [0.29, 0.717) is 24.9 Å². The van der Waals surface area contributed by atoms with E-state index >= 15 is 0 Å². The Bertz CT molecular complexity index is 701. The second-order valence-corrected chi connectivity index (χ2v) is 6.54. The van der Waals surface area contributed by atoms with Crippen molar-refractivity contribution in [1.82, 2.24) is 15.6 Å². The Morgan fingerprint density at radius 1 is 1.31 bits per heavy atom. The van der Waals surface area contributed by atoms with Gasteiger partial charge >= 0.3 is 0 Å². The van der Waals surface area contributed by atoms with Crippen LogP contribution in [0.2, 0.25) is 0 Å². The van der Waals surface area contributed by atoms with E-state index in [1.807, 2.05) is 52.0 Å². The summed E-state index contributed by atoms with van der Waals surface area (Å²) in [7, 11) is 0. The average Bonchev–Trinajstić information content (AvgIpc) is 2.90. The Kier molecular flexibility index (Phi) is 10.0. The molecule has 1 heterocycles. The number of benzene rings is 1. The number of hydrogen-bond acceptors (Lipinski definition) is 4. The first-order valence-corrected chi connectivity index (χ1v) is 9.15. The van der Waals surface area contributed by atoms with E-state index < -0.39 is 0 Å². The Labute approximate surface area is 180 Å². The monoisotopic (exact) mass is 536 g/mol. The quantitative estimate of drug-likeness (QED) is 0.315. The van der Waals surface area contributed by atoms with Gasteiger partial charge in [0.25, 0.3) is 0 Å². The van der Waals surface area contributed by atoms with E-state index in [1.165, 1.54) is 0 Å². The van der Waals surface area contributed by atoms with Crippen LogP contribution in [0.4, 0.5) is 0 Å². The number of aryl methyl sites for hydroxylation is 2. The van der Waals surface area contributed by atoms with Crippen molar-refractivity contribution < 1.29 is 9.15 Å². The molecule has 2 rings (SSSR count). The maximum atomic E-state index is 5.93. The van der Waals surface area contributed by atoms with Crippen molar-refractivity contribution in [3.8, 4) is 5.75 Å². The second-order valence-electron chi connectivity index (χ2n) is 5.68. The van der Waals surface area contributed by atoms with Gasteiger partial charge in [0, 0.05) is 6.54 Å². The first kappa shape index (κ1) is 22.8. The van der Waals surface area contributed by atoms with Gasteiger partial charge in [-0.25, -0.2) is 9.98 Å². The molecule has 0 aliphatic heterocycles. The summed E-state index contributed by atoms with van der Waals surface area (Å²) < 4.78 is 12.4. The number of ether oxygens (including phenoxy) is 1. The summed E-state index contributed by atoms with van der Waals surface area (Å²) in [5.74, 6) is 2.98. The maximum Gasteiger partial charge on any atom is 0.216 e. The largest absolute Gasteiger partial charge is 0.488 e. The van der Waals surface area contributed by atoms with Crippen molar-refractivity contribution in [2.75, 3.05) is 13.1 Å². The molecule has 8 heteroatoms. The highest BCUT2D eigenvalue weighted by atomic mass is 127. The highest BCUT2D eigenvalue weighted by Gasteiger charge is 2.09. The molecule has 2 N–H and O–H groups in total. The number of aliphatic imine (C=N–C) groups is 1. The van der Waals surface area contributed by atoms with Gasteiger partial charge in [0.15, 0.2) is 5.96 Å². The number of guanidine groups is 1. The molecule has 0 amide bonds. The van der Waals surface area contributed by atoms with Gasteiger partial charge in [-0.05, 0) is 55.8 Å². The SMILES string of the molecule is CCNC(=NCc1nc(C)c(C)o1)NCC(C)Oc1ccccc1Br.I. The molecule has 26 heavy (non-hydrogen) atoms. The van der Waals surface area contributed by atoms with Crippen LogP contribution in [0.25, 0.3) is 0 Å². The molecule has 0 saturated heterocycles. The molecule has 0 bridgehead atoms. The third-order valence-corrected chi connectivity index (χ3v) is 4.17. The van der Waals surface area contributed by atoms with Gasteiger partial charge in [-0.3, -0.25) is 0 Å². The third-order valence-electron chi connectivity index (χ3n) is 3.51. The van der Waals surface area contributed by atoms with Crippen molar-refractivity contribution in [2.45, 2.75) is 40.3 Å². The molecule has 0 spiro atoms. The number of nitrogens with one attached hydrogen (secondary N) is 2. The minimum absolute atomic E-state index is 0. The van der Waals surface area contributed by atoms with Gasteiger partial charge < -0.3 is 19.8 Å². The van der Waals surface area contributed by atoms with Crippen LogP contribution in [0.5, 0.6) is 5.75 Å². The van der Waals surface area contributed by atoms with Crippen LogP contribution in [-0.2, 0) is 6.54 Å². The Morgan fingerprint density at radius 3 is 2.65 bits per heavy atom. The van der Waals surface area contributed by atoms with Crippen LogP contribution in [-0.4, -0.2) is 30.1 Å². The van der Waals surface area contributed by atoms with Gasteiger partial charge in [-0.1, -0.05) is 12.1 Å². The minimum Gasteiger partial charge on any atom is -0.488 e. The van der Waals surface area contributed by atoms with Crippen molar-refractivity contribution in [3.05, 3.63) is 46.1 Å². The first-order valence-electron chi connectivity index (χ1n) is 8.35. The Hall–Kier alpha value is -1.29. The lowest BCUT2D eigenvalue weighted by molar-refractivity contribution is 0.222. The lowest BCUT2D eigenvalue weighted by atomic mass is 10.3. The molecule has 6 nitrogen and oxygen atoms in total. The van der Waals surface area contributed by atoms with E-state index in [2.05, 4.69) is 36.5 Å². The summed E-state index contributed by atoms with van der Waals surface area (Å²) in [5.41, 5.74) is 0.902. The minimum atomic E-state index is -0.0196. The van der Waals surface area contributed by atoms with Crippen molar-refractivity contribution in [2.24, 2.45) is 4.99 Å². The van der Waals surface area contributed by atoms with Crippen molar-refractivity contribution in [3.63, 3.8) is 0 Å². The molecule has 0 radical (unpaired) electrons. The molecule has 0 aliphatic carbocycles. The first-order chi connectivity index (χ1) is 12.0. The molecule has 2 aromatic rings. The highest BCUT2D eigenvalue weighted by Crippen LogP contribution is 2.24. The summed E-state index contributed by atoms with van der Waals surface area (Å²) in [5, 5.41) is 6.49. The maximum absolute atomic E-state index is 5.93. The van der Waals surface area contributed by atoms with Crippen LogP contribution in [0.3, 0.4) is 0 Å². The highest BCUT2D eigenvalue weighted by molar-refractivity contribution is 14.0. The second kappa shape index (κ2) is 11.4. The normalized spacial score (nSPS) is 12.3. The van der Waals surface area contributed by atoms with Crippen LogP contribution >= 0.6 is 39.9 Å². The van der Waals surface area contributed by atoms with E-state index in [0.717, 1.165) is 28.2 Å². The molecule has 0 fully saturated rings. The van der Waals surface area contributed by atoms with Crippen molar-refractivity contribution >= 4 is 45.9 Å². The number of hydrogen-bond donors (Lipinski definition) is 2. The fourth-order valence-electron chi connectivity index (χ4n) is 2.13. The average molecular weight is 537 g/mol. The van der Waals surface area contributed by atoms with Crippen LogP contribution in [0, 0.1) is 13.8 Å². The Balaban J connectivity index is 0.00000338. The molecule has 1 aromatic heterocycles. The van der Waals surface area contributed by atoms with Crippen LogP contribution in [0.1, 0.15) is 31.2 Å². The number of para-hydroxylation sites is 1. The predicted octanol–water partition coefficient (Wildman–Crippen LogP) is 4.19. The smallest absolute Gasteiger partial charge is 0.216 e. The molecule has 0 saturated carbocycles. The number of oxazole rings is 1. The molecule has 0 aliphatic rings. The molecular formula is C18H26BrIN4O2. The van der Waals surface area contributed by atoms with Gasteiger partial charge in [0.1, 0.15) is 24.2 Å². The number of rotatable bonds is 7. The van der Waals surface area contributed by atoms with Crippen LogP contribution in [0.15, 0.2) is 38.1 Å². The standard InChI is InChI=1S/C18H25BrN4O2.HI/c1-5-20-18(22-11-17-23-13(3)14(4)25-17)21-10-12(2)24-16-9-7-6-8-15(16)19;/h6-9,12H,5,10-11H2,1-4H3,(H2,20,21,22);1H. The molecule has 1 aromatic carbocycles. The van der Waals surface area contributed by atoms with Gasteiger partial charge in [0.05, 0.1) is 16.7 Å². The topological polar surface area (TPSA) is 71.7 Å². The summed E-state index contributed by atoms with van der Waals surface area (Å²) in [4.78, 5) is 8.85. The van der Waals surface area contributed by atoms with Crippen LogP contribution < -0.4 is 15.4 Å². The van der Waals surface area contributed by atoms with E-state index in [-0.39, 0.29) is 30.1 Å². The predicted molar refractivity (Wildman–Crippen MR) is 118 cm³/mol. The molecule has 1 unspecified atom stereocenters. The molecular weight excluding hydrogens is 511 g/mol. The van der Waals surface area contributed by atoms with Crippen molar-refractivity contribution in [1.29, 1.82) is 0 Å². The van der Waals surface area contributed by atoms with Gasteiger partial charge in [-0.2, -0.15) is 0 Å². The lowest BCUT2D eigenvalue weighted by Gasteiger charge is -2.18. The number of halogens is 2. The van der Waals surface area contributed by atoms with E-state index in [9.17, 15) is 0 Å². The van der Waals surface area contributed by atoms with Gasteiger partial charge in [-0.15, -0.1) is 24.0 Å².